The Bertz CT molecular complexity index is 915. The van der Waals surface area contributed by atoms with Gasteiger partial charge < -0.3 is 10.4 Å². The summed E-state index contributed by atoms with van der Waals surface area (Å²) >= 11 is 0. The second-order valence-corrected chi connectivity index (χ2v) is 5.86. The van der Waals surface area contributed by atoms with Crippen LogP contribution in [0, 0.1) is 6.92 Å². The van der Waals surface area contributed by atoms with E-state index in [2.05, 4.69) is 35.6 Å². The summed E-state index contributed by atoms with van der Waals surface area (Å²) in [5, 5.41) is 14.9. The van der Waals surface area contributed by atoms with E-state index in [1.54, 1.807) is 44.3 Å². The first-order valence-electron chi connectivity index (χ1n) is 8.34. The molecule has 0 unspecified atom stereocenters. The van der Waals surface area contributed by atoms with E-state index in [9.17, 15) is 9.90 Å². The fourth-order valence-corrected chi connectivity index (χ4v) is 2.21. The van der Waals surface area contributed by atoms with Crippen LogP contribution < -0.4 is 10.6 Å². The van der Waals surface area contributed by atoms with Gasteiger partial charge in [0.2, 0.25) is 5.95 Å². The van der Waals surface area contributed by atoms with E-state index in [-0.39, 0.29) is 11.9 Å². The van der Waals surface area contributed by atoms with Crippen LogP contribution in [0.25, 0.3) is 11.5 Å². The van der Waals surface area contributed by atoms with Crippen molar-refractivity contribution in [2.45, 2.75) is 20.0 Å². The molecule has 0 saturated carbocycles. The fourth-order valence-electron chi connectivity index (χ4n) is 2.21. The average molecular weight is 365 g/mol. The second kappa shape index (κ2) is 8.28. The Balaban J connectivity index is 1.73. The number of nitrogens with one attached hydrogen (secondary N) is 2. The molecule has 0 fully saturated rings. The highest BCUT2D eigenvalue weighted by Gasteiger charge is 2.12. The maximum atomic E-state index is 12.4. The SMILES string of the molecule is Cc1nc(NC(=O)c2ccc(NC[C@H](C)O)nc2)nc(-c2ccccn2)n1. The Labute approximate surface area is 156 Å². The highest BCUT2D eigenvalue weighted by molar-refractivity contribution is 6.03. The molecule has 0 aliphatic heterocycles. The number of anilines is 2. The number of nitrogens with zero attached hydrogens (tertiary/aromatic N) is 5. The third kappa shape index (κ3) is 5.02. The molecule has 3 rings (SSSR count). The number of hydrogen-bond donors (Lipinski definition) is 3. The molecule has 9 nitrogen and oxygen atoms in total. The summed E-state index contributed by atoms with van der Waals surface area (Å²) < 4.78 is 0. The highest BCUT2D eigenvalue weighted by atomic mass is 16.3. The lowest BCUT2D eigenvalue weighted by Gasteiger charge is -2.09. The number of amides is 1. The molecule has 3 aromatic rings. The lowest BCUT2D eigenvalue weighted by Crippen LogP contribution is -2.17. The zero-order valence-corrected chi connectivity index (χ0v) is 14.9. The van der Waals surface area contributed by atoms with Gasteiger partial charge in [0.15, 0.2) is 5.82 Å². The normalized spacial score (nSPS) is 11.7. The van der Waals surface area contributed by atoms with Crippen LogP contribution in [0.1, 0.15) is 23.1 Å². The molecule has 1 atom stereocenters. The van der Waals surface area contributed by atoms with Gasteiger partial charge >= 0.3 is 0 Å². The molecule has 9 heteroatoms. The Kier molecular flexibility index (Phi) is 5.62. The van der Waals surface area contributed by atoms with E-state index < -0.39 is 6.10 Å². The number of pyridine rings is 2. The van der Waals surface area contributed by atoms with Crippen molar-refractivity contribution in [1.29, 1.82) is 0 Å². The molecule has 0 aliphatic rings. The van der Waals surface area contributed by atoms with Gasteiger partial charge in [-0.05, 0) is 38.1 Å². The van der Waals surface area contributed by atoms with Crippen molar-refractivity contribution < 1.29 is 9.90 Å². The molecule has 3 aromatic heterocycles. The van der Waals surface area contributed by atoms with Crippen LogP contribution in [0.4, 0.5) is 11.8 Å². The van der Waals surface area contributed by atoms with E-state index in [4.69, 9.17) is 0 Å². The summed E-state index contributed by atoms with van der Waals surface area (Å²) in [6, 6.07) is 8.70. The molecule has 138 valence electrons. The molecule has 1 amide bonds. The predicted octanol–water partition coefficient (Wildman–Crippen LogP) is 1.68. The largest absolute Gasteiger partial charge is 0.392 e. The van der Waals surface area contributed by atoms with E-state index >= 15 is 0 Å². The Morgan fingerprint density at radius 2 is 2.00 bits per heavy atom. The van der Waals surface area contributed by atoms with Crippen molar-refractivity contribution in [3.05, 3.63) is 54.1 Å². The Morgan fingerprint density at radius 3 is 2.67 bits per heavy atom. The van der Waals surface area contributed by atoms with Crippen LogP contribution in [0.3, 0.4) is 0 Å². The van der Waals surface area contributed by atoms with Crippen molar-refractivity contribution >= 4 is 17.7 Å². The van der Waals surface area contributed by atoms with Crippen LogP contribution in [0.2, 0.25) is 0 Å². The van der Waals surface area contributed by atoms with Crippen molar-refractivity contribution in [2.75, 3.05) is 17.2 Å². The Hall–Kier alpha value is -3.46. The summed E-state index contributed by atoms with van der Waals surface area (Å²) in [7, 11) is 0. The van der Waals surface area contributed by atoms with Crippen LogP contribution in [0.15, 0.2) is 42.7 Å². The zero-order chi connectivity index (χ0) is 19.2. The van der Waals surface area contributed by atoms with Gasteiger partial charge in [0.25, 0.3) is 5.91 Å². The summed E-state index contributed by atoms with van der Waals surface area (Å²) in [5.41, 5.74) is 0.948. The van der Waals surface area contributed by atoms with E-state index in [1.165, 1.54) is 6.20 Å². The Morgan fingerprint density at radius 1 is 1.15 bits per heavy atom. The van der Waals surface area contributed by atoms with Gasteiger partial charge in [-0.2, -0.15) is 9.97 Å². The number of rotatable bonds is 6. The van der Waals surface area contributed by atoms with E-state index in [0.717, 1.165) is 0 Å². The summed E-state index contributed by atoms with van der Waals surface area (Å²) in [5.74, 6) is 1.18. The van der Waals surface area contributed by atoms with Crippen molar-refractivity contribution in [3.8, 4) is 11.5 Å². The summed E-state index contributed by atoms with van der Waals surface area (Å²) in [6.07, 6.45) is 2.59. The van der Waals surface area contributed by atoms with Crippen LogP contribution >= 0.6 is 0 Å². The smallest absolute Gasteiger partial charge is 0.259 e. The number of hydrogen-bond acceptors (Lipinski definition) is 8. The highest BCUT2D eigenvalue weighted by Crippen LogP contribution is 2.14. The third-order valence-electron chi connectivity index (χ3n) is 3.47. The van der Waals surface area contributed by atoms with Gasteiger partial charge in [-0.3, -0.25) is 15.1 Å². The topological polar surface area (TPSA) is 126 Å². The number of aliphatic hydroxyl groups is 1. The molecule has 0 bridgehead atoms. The lowest BCUT2D eigenvalue weighted by molar-refractivity contribution is 0.102. The molecule has 3 N–H and O–H groups in total. The molecule has 0 aliphatic carbocycles. The van der Waals surface area contributed by atoms with Gasteiger partial charge in [-0.15, -0.1) is 0 Å². The minimum absolute atomic E-state index is 0.143. The first kappa shape index (κ1) is 18.3. The quantitative estimate of drug-likeness (QED) is 0.602. The number of aliphatic hydroxyl groups excluding tert-OH is 1. The summed E-state index contributed by atoms with van der Waals surface area (Å²) in [6.45, 7) is 3.76. The first-order chi connectivity index (χ1) is 13.0. The van der Waals surface area contributed by atoms with Crippen LogP contribution in [-0.4, -0.2) is 48.6 Å². The van der Waals surface area contributed by atoms with E-state index in [1.807, 2.05) is 6.07 Å². The molecule has 0 saturated heterocycles. The average Bonchev–Trinajstić information content (AvgIpc) is 2.67. The minimum Gasteiger partial charge on any atom is -0.392 e. The predicted molar refractivity (Wildman–Crippen MR) is 100 cm³/mol. The standard InChI is InChI=1S/C18H19N7O2/c1-11(26)9-20-15-7-6-13(10-21-15)17(27)25-18-23-12(2)22-16(24-18)14-5-3-4-8-19-14/h3-8,10-11,26H,9H2,1-2H3,(H,20,21)(H,22,23,24,25,27)/t11-/m0/s1. The molecule has 0 spiro atoms. The van der Waals surface area contributed by atoms with E-state index in [0.29, 0.717) is 35.3 Å². The number of carbonyl (C=O) groups is 1. The van der Waals surface area contributed by atoms with Crippen LogP contribution in [-0.2, 0) is 0 Å². The second-order valence-electron chi connectivity index (χ2n) is 5.86. The molecular weight excluding hydrogens is 346 g/mol. The van der Waals surface area contributed by atoms with Crippen LogP contribution in [0.5, 0.6) is 0 Å². The van der Waals surface area contributed by atoms with Gasteiger partial charge in [-0.1, -0.05) is 6.07 Å². The van der Waals surface area contributed by atoms with Gasteiger partial charge in [0, 0.05) is 18.9 Å². The van der Waals surface area contributed by atoms with Crippen molar-refractivity contribution in [1.82, 2.24) is 24.9 Å². The molecule has 0 aromatic carbocycles. The first-order valence-corrected chi connectivity index (χ1v) is 8.34. The summed E-state index contributed by atoms with van der Waals surface area (Å²) in [4.78, 5) is 33.4. The maximum Gasteiger partial charge on any atom is 0.259 e. The molecule has 3 heterocycles. The van der Waals surface area contributed by atoms with Crippen molar-refractivity contribution in [3.63, 3.8) is 0 Å². The fraction of sp³-hybridized carbons (Fsp3) is 0.222. The monoisotopic (exact) mass is 365 g/mol. The zero-order valence-electron chi connectivity index (χ0n) is 14.9. The molecular formula is C18H19N7O2. The lowest BCUT2D eigenvalue weighted by atomic mass is 10.2. The minimum atomic E-state index is -0.491. The maximum absolute atomic E-state index is 12.4. The van der Waals surface area contributed by atoms with Gasteiger partial charge in [0.1, 0.15) is 17.3 Å². The van der Waals surface area contributed by atoms with Gasteiger partial charge in [0.05, 0.1) is 11.7 Å². The number of aromatic nitrogens is 5. The number of carbonyl (C=O) groups excluding carboxylic acids is 1. The molecule has 0 radical (unpaired) electrons. The third-order valence-corrected chi connectivity index (χ3v) is 3.47. The number of aryl methyl sites for hydroxylation is 1. The molecule has 27 heavy (non-hydrogen) atoms. The van der Waals surface area contributed by atoms with Crippen molar-refractivity contribution in [2.24, 2.45) is 0 Å². The van der Waals surface area contributed by atoms with Gasteiger partial charge in [-0.25, -0.2) is 9.97 Å².